The third kappa shape index (κ3) is 72.3. The third-order valence-electron chi connectivity index (χ3n) is 16.4. The number of ether oxygens (including phenoxy) is 2. The molecule has 512 valence electrons. The van der Waals surface area contributed by atoms with Gasteiger partial charge < -0.3 is 18.9 Å². The number of unbranched alkanes of at least 4 members (excludes halogenated alkanes) is 41. The van der Waals surface area contributed by atoms with E-state index in [2.05, 4.69) is 98.9 Å². The highest BCUT2D eigenvalue weighted by atomic mass is 31.2. The molecule has 0 saturated heterocycles. The fraction of sp³-hybridized carbons (Fsp3) is 0.795. The number of nitrogens with zero attached hydrogens (tertiary/aromatic N) is 1. The number of carbonyl (C=O) groups is 2. The first-order valence-corrected chi connectivity index (χ1v) is 38.8. The number of allylic oxidation sites excluding steroid dienone is 14. The van der Waals surface area contributed by atoms with E-state index in [1.165, 1.54) is 244 Å². The molecule has 0 fully saturated rings. The van der Waals surface area contributed by atoms with Gasteiger partial charge in [-0.3, -0.25) is 18.6 Å². The first-order valence-electron chi connectivity index (χ1n) is 37.3. The highest BCUT2D eigenvalue weighted by molar-refractivity contribution is 7.47. The molecule has 0 aromatic rings. The zero-order chi connectivity index (χ0) is 64.1. The first kappa shape index (κ1) is 85.2. The molecule has 0 aliphatic carbocycles. The summed E-state index contributed by atoms with van der Waals surface area (Å²) in [6, 6.07) is 0. The topological polar surface area (TPSA) is 108 Å². The normalized spacial score (nSPS) is 13.6. The first-order chi connectivity index (χ1) is 43.0. The number of hydrogen-bond acceptors (Lipinski definition) is 7. The Bertz CT molecular complexity index is 1760. The molecule has 0 spiro atoms. The lowest BCUT2D eigenvalue weighted by molar-refractivity contribution is -0.870. The van der Waals surface area contributed by atoms with Crippen LogP contribution in [0.15, 0.2) is 85.1 Å². The molecule has 1 N–H and O–H groups in total. The van der Waals surface area contributed by atoms with Crippen LogP contribution in [-0.2, 0) is 32.7 Å². The Morgan fingerprint density at radius 2 is 0.648 bits per heavy atom. The summed E-state index contributed by atoms with van der Waals surface area (Å²) < 4.78 is 34.8. The second-order valence-electron chi connectivity index (χ2n) is 26.3. The Labute approximate surface area is 545 Å². The smallest absolute Gasteiger partial charge is 0.462 e. The van der Waals surface area contributed by atoms with E-state index in [0.717, 1.165) is 70.6 Å². The second kappa shape index (κ2) is 68.6. The zero-order valence-electron chi connectivity index (χ0n) is 58.5. The van der Waals surface area contributed by atoms with Crippen molar-refractivity contribution in [2.45, 2.75) is 354 Å². The minimum atomic E-state index is -4.40. The van der Waals surface area contributed by atoms with Gasteiger partial charge >= 0.3 is 19.8 Å². The molecule has 0 radical (unpaired) electrons. The maximum atomic E-state index is 12.9. The lowest BCUT2D eigenvalue weighted by atomic mass is 10.0. The molecule has 9 nitrogen and oxygen atoms in total. The molecule has 0 saturated carbocycles. The molecule has 2 atom stereocenters. The molecule has 0 aromatic carbocycles. The lowest BCUT2D eigenvalue weighted by Gasteiger charge is -2.24. The molecule has 2 unspecified atom stereocenters. The second-order valence-corrected chi connectivity index (χ2v) is 27.8. The fourth-order valence-corrected chi connectivity index (χ4v) is 11.5. The molecular formula is C78H143NO8P+. The molecule has 0 aliphatic heterocycles. The Morgan fingerprint density at radius 3 is 0.966 bits per heavy atom. The quantitative estimate of drug-likeness (QED) is 0.0211. The zero-order valence-corrected chi connectivity index (χ0v) is 59.4. The van der Waals surface area contributed by atoms with Crippen LogP contribution in [0.3, 0.4) is 0 Å². The summed E-state index contributed by atoms with van der Waals surface area (Å²) in [5.74, 6) is -0.788. The Hall–Kier alpha value is -2.81. The number of carbonyl (C=O) groups excluding carboxylic acids is 2. The molecule has 0 aromatic heterocycles. The highest BCUT2D eigenvalue weighted by Crippen LogP contribution is 2.43. The van der Waals surface area contributed by atoms with Crippen molar-refractivity contribution in [2.75, 3.05) is 47.5 Å². The average molecular weight is 1250 g/mol. The van der Waals surface area contributed by atoms with Crippen LogP contribution in [0.4, 0.5) is 0 Å². The minimum Gasteiger partial charge on any atom is -0.462 e. The van der Waals surface area contributed by atoms with Gasteiger partial charge in [-0.25, -0.2) is 4.57 Å². The van der Waals surface area contributed by atoms with Crippen molar-refractivity contribution in [3.05, 3.63) is 85.1 Å². The van der Waals surface area contributed by atoms with Crippen LogP contribution in [0.5, 0.6) is 0 Å². The predicted octanol–water partition coefficient (Wildman–Crippen LogP) is 24.5. The van der Waals surface area contributed by atoms with Gasteiger partial charge in [0, 0.05) is 12.8 Å². The van der Waals surface area contributed by atoms with E-state index in [1.54, 1.807) is 0 Å². The van der Waals surface area contributed by atoms with Gasteiger partial charge in [0.15, 0.2) is 6.10 Å². The number of phosphoric ester groups is 1. The van der Waals surface area contributed by atoms with Crippen LogP contribution in [0.2, 0.25) is 0 Å². The van der Waals surface area contributed by atoms with E-state index in [9.17, 15) is 19.0 Å². The Morgan fingerprint density at radius 1 is 0.364 bits per heavy atom. The van der Waals surface area contributed by atoms with Gasteiger partial charge in [0.25, 0.3) is 0 Å². The van der Waals surface area contributed by atoms with Crippen molar-refractivity contribution >= 4 is 19.8 Å². The number of quaternary nitrogens is 1. The Balaban J connectivity index is 3.95. The van der Waals surface area contributed by atoms with E-state index in [1.807, 2.05) is 21.1 Å². The summed E-state index contributed by atoms with van der Waals surface area (Å²) in [6.07, 6.45) is 94.3. The highest BCUT2D eigenvalue weighted by Gasteiger charge is 2.27. The summed E-state index contributed by atoms with van der Waals surface area (Å²) in [7, 11) is 1.48. The molecule has 10 heteroatoms. The molecule has 0 heterocycles. The largest absolute Gasteiger partial charge is 0.472 e. The van der Waals surface area contributed by atoms with E-state index in [4.69, 9.17) is 18.5 Å². The van der Waals surface area contributed by atoms with Crippen LogP contribution in [0.1, 0.15) is 348 Å². The maximum absolute atomic E-state index is 12.9. The van der Waals surface area contributed by atoms with Crippen molar-refractivity contribution in [3.63, 3.8) is 0 Å². The number of rotatable bonds is 69. The summed E-state index contributed by atoms with van der Waals surface area (Å²) in [4.78, 5) is 35.9. The number of likely N-dealkylation sites (N-methyl/N-ethyl adjacent to an activating group) is 1. The van der Waals surface area contributed by atoms with Crippen LogP contribution in [0, 0.1) is 0 Å². The maximum Gasteiger partial charge on any atom is 0.472 e. The fourth-order valence-electron chi connectivity index (χ4n) is 10.7. The van der Waals surface area contributed by atoms with Crippen LogP contribution in [0.25, 0.3) is 0 Å². The van der Waals surface area contributed by atoms with Crippen LogP contribution in [-0.4, -0.2) is 74.9 Å². The average Bonchev–Trinajstić information content (AvgIpc) is 3.68. The van der Waals surface area contributed by atoms with Crippen molar-refractivity contribution in [2.24, 2.45) is 0 Å². The van der Waals surface area contributed by atoms with E-state index in [0.29, 0.717) is 17.4 Å². The predicted molar refractivity (Wildman–Crippen MR) is 381 cm³/mol. The number of esters is 2. The van der Waals surface area contributed by atoms with E-state index >= 15 is 0 Å². The molecule has 0 amide bonds. The lowest BCUT2D eigenvalue weighted by Crippen LogP contribution is -2.37. The van der Waals surface area contributed by atoms with Crippen molar-refractivity contribution in [1.29, 1.82) is 0 Å². The van der Waals surface area contributed by atoms with Crippen LogP contribution < -0.4 is 0 Å². The molecule has 88 heavy (non-hydrogen) atoms. The van der Waals surface area contributed by atoms with Gasteiger partial charge in [0.2, 0.25) is 0 Å². The minimum absolute atomic E-state index is 0.0308. The van der Waals surface area contributed by atoms with Gasteiger partial charge in [0.05, 0.1) is 27.7 Å². The standard InChI is InChI=1S/C78H142NO8P/c1-6-8-10-12-14-16-18-20-22-24-26-28-30-32-33-34-35-36-37-38-39-40-41-42-43-44-45-47-49-51-53-55-57-59-61-63-65-67-69-71-78(81)87-76(75-86-88(82,83)85-73-72-79(3,4)5)74-84-77(80)70-68-66-64-62-60-58-56-54-52-50-48-46-31-29-27-25-23-21-19-17-15-13-11-9-7-2/h8,10,14,16,19-22,25-28,31,46,76H,6-7,9,11-13,15,17-18,23-24,29-30,32-45,47-75H2,1-5H3/p+1/b10-8-,16-14-,21-19-,22-20-,27-25-,28-26-,46-31-. The van der Waals surface area contributed by atoms with Crippen molar-refractivity contribution in [3.8, 4) is 0 Å². The van der Waals surface area contributed by atoms with Gasteiger partial charge in [-0.2, -0.15) is 0 Å². The van der Waals surface area contributed by atoms with Gasteiger partial charge in [-0.15, -0.1) is 0 Å². The molecule has 0 bridgehead atoms. The number of phosphoric acid groups is 1. The molecule has 0 aliphatic rings. The summed E-state index contributed by atoms with van der Waals surface area (Å²) in [5, 5.41) is 0. The van der Waals surface area contributed by atoms with Crippen LogP contribution >= 0.6 is 7.82 Å². The SMILES string of the molecule is CC/C=C\C/C=C\C/C=C\C/C=C\CCCCCCCCCCCCCCCCCCCCCCCCCCCCC(=O)OC(COC(=O)CCCCCCCCCCCC/C=C\C/C=C\C/C=C\CCCCCCC)COP(=O)(O)OCC[N+](C)(C)C. The van der Waals surface area contributed by atoms with Gasteiger partial charge in [-0.1, -0.05) is 330 Å². The van der Waals surface area contributed by atoms with E-state index < -0.39 is 26.5 Å². The van der Waals surface area contributed by atoms with Gasteiger partial charge in [-0.05, 0) is 89.9 Å². The monoisotopic (exact) mass is 1250 g/mol. The summed E-state index contributed by atoms with van der Waals surface area (Å²) in [6.45, 7) is 4.35. The molecular weight excluding hydrogens is 1110 g/mol. The molecule has 0 rings (SSSR count). The number of hydrogen-bond donors (Lipinski definition) is 1. The Kier molecular flexibility index (Phi) is 66.4. The third-order valence-corrected chi connectivity index (χ3v) is 17.4. The summed E-state index contributed by atoms with van der Waals surface area (Å²) in [5.41, 5.74) is 0. The van der Waals surface area contributed by atoms with Gasteiger partial charge in [0.1, 0.15) is 19.8 Å². The van der Waals surface area contributed by atoms with Crippen molar-refractivity contribution in [1.82, 2.24) is 0 Å². The van der Waals surface area contributed by atoms with Crippen molar-refractivity contribution < 1.29 is 42.1 Å². The summed E-state index contributed by atoms with van der Waals surface area (Å²) >= 11 is 0. The van der Waals surface area contributed by atoms with E-state index in [-0.39, 0.29) is 32.0 Å².